The first kappa shape index (κ1) is 66.8. The van der Waals surface area contributed by atoms with Crippen molar-refractivity contribution in [2.24, 2.45) is 0 Å². The molecule has 11 heteroatoms. The normalized spacial score (nSPS) is 12.2. The molecule has 0 saturated heterocycles. The highest BCUT2D eigenvalue weighted by Gasteiger charge is 2.26. The van der Waals surface area contributed by atoms with Gasteiger partial charge in [0.2, 0.25) is 0 Å². The fourth-order valence-corrected chi connectivity index (χ4v) is 17.7. The van der Waals surface area contributed by atoms with Crippen molar-refractivity contribution < 1.29 is 33.1 Å². The lowest BCUT2D eigenvalue weighted by Crippen LogP contribution is -2.11. The highest BCUT2D eigenvalue weighted by molar-refractivity contribution is 7.19. The van der Waals surface area contributed by atoms with Crippen LogP contribution < -0.4 is 28.4 Å². The second kappa shape index (κ2) is 29.2. The molecule has 0 saturated carbocycles. The van der Waals surface area contributed by atoms with E-state index in [9.17, 15) is 0 Å². The Morgan fingerprint density at radius 1 is 0.261 bits per heavy atom. The van der Waals surface area contributed by atoms with Crippen LogP contribution in [0.4, 0.5) is 0 Å². The zero-order valence-corrected chi connectivity index (χ0v) is 61.7. The zero-order valence-electron chi connectivity index (χ0n) is 60.0. The third kappa shape index (κ3) is 13.4. The van der Waals surface area contributed by atoms with Gasteiger partial charge in [-0.3, -0.25) is 0 Å². The summed E-state index contributed by atoms with van der Waals surface area (Å²) in [6.07, 6.45) is -0.868. The van der Waals surface area contributed by atoms with Crippen LogP contribution in [0.15, 0.2) is 356 Å². The standard InChI is InChI=1S/C100H68N2O7S2/c1-5-17-63(18-6-1)59-105-79-51-65(53-81(57-79)107-99(73-21-9-3-10-22-73)85-43-39-71-35-33-67-25-13-27-69-37-41-83(85)95(71)93(67)69)61-103-77-31-15-29-75(55-77)89-47-49-91(110-89)87-45-46-88(98-97(87)101-109-102-98)92-50-48-90(111-92)76-30-16-32-78(56-76)104-62-66-52-80(106-60-64-19-7-2-8-20-64)58-82(54-66)108-100(74-23-11-4-12-24-74)86-44-40-72-36-34-68-26-14-28-70-38-42-84(86)96(72)94(68)70/h1-58,99-100H,59-62H2. The van der Waals surface area contributed by atoms with Crippen LogP contribution in [0.5, 0.6) is 34.5 Å². The van der Waals surface area contributed by atoms with Crippen LogP contribution in [0, 0.1) is 0 Å². The van der Waals surface area contributed by atoms with Crippen LogP contribution in [0.2, 0.25) is 0 Å². The highest BCUT2D eigenvalue weighted by atomic mass is 32.1. The number of benzene rings is 17. The predicted octanol–water partition coefficient (Wildman–Crippen LogP) is 26.5. The van der Waals surface area contributed by atoms with Crippen LogP contribution in [0.25, 0.3) is 117 Å². The number of fused-ring (bicyclic) bond motifs is 1. The smallest absolute Gasteiger partial charge is 0.149 e. The Labute approximate surface area is 648 Å². The van der Waals surface area contributed by atoms with Gasteiger partial charge in [0.25, 0.3) is 0 Å². The van der Waals surface area contributed by atoms with E-state index >= 15 is 0 Å². The molecule has 2 atom stereocenters. The highest BCUT2D eigenvalue weighted by Crippen LogP contribution is 2.47. The van der Waals surface area contributed by atoms with Gasteiger partial charge in [-0.1, -0.05) is 267 Å². The largest absolute Gasteiger partial charge is 0.489 e. The quantitative estimate of drug-likeness (QED) is 0.0548. The number of aromatic nitrogens is 2. The van der Waals surface area contributed by atoms with E-state index in [1.807, 2.05) is 97.1 Å². The van der Waals surface area contributed by atoms with Crippen molar-refractivity contribution in [1.82, 2.24) is 10.3 Å². The molecule has 9 nitrogen and oxygen atoms in total. The fourth-order valence-electron chi connectivity index (χ4n) is 15.7. The third-order valence-electron chi connectivity index (χ3n) is 21.0. The van der Waals surface area contributed by atoms with Crippen molar-refractivity contribution >= 4 is 98.3 Å². The van der Waals surface area contributed by atoms with Crippen LogP contribution in [-0.4, -0.2) is 10.3 Å². The minimum absolute atomic E-state index is 0.270. The van der Waals surface area contributed by atoms with Gasteiger partial charge < -0.3 is 28.4 Å². The maximum absolute atomic E-state index is 7.26. The van der Waals surface area contributed by atoms with Gasteiger partial charge in [-0.25, -0.2) is 4.63 Å². The number of hydrogen-bond donors (Lipinski definition) is 0. The van der Waals surface area contributed by atoms with E-state index < -0.39 is 12.2 Å². The Morgan fingerprint density at radius 3 is 1.05 bits per heavy atom. The van der Waals surface area contributed by atoms with Crippen molar-refractivity contribution in [3.8, 4) is 76.3 Å². The molecular weight excluding hydrogens is 1410 g/mol. The van der Waals surface area contributed by atoms with Gasteiger partial charge in [-0.05, 0) is 192 Å². The molecule has 0 amide bonds. The summed E-state index contributed by atoms with van der Waals surface area (Å²) in [6.45, 7) is 1.33. The van der Waals surface area contributed by atoms with E-state index in [-0.39, 0.29) is 13.2 Å². The molecule has 0 aliphatic rings. The molecule has 0 N–H and O–H groups in total. The second-order valence-corrected chi connectivity index (χ2v) is 30.3. The lowest BCUT2D eigenvalue weighted by atomic mass is 9.89. The lowest BCUT2D eigenvalue weighted by molar-refractivity contribution is 0.243. The molecule has 0 aliphatic carbocycles. The Hall–Kier alpha value is -13.6. The molecule has 20 aromatic rings. The molecule has 3 aromatic heterocycles. The molecule has 0 radical (unpaired) electrons. The second-order valence-electron chi connectivity index (χ2n) is 28.1. The van der Waals surface area contributed by atoms with Crippen LogP contribution in [0.3, 0.4) is 0 Å². The maximum atomic E-state index is 7.26. The van der Waals surface area contributed by atoms with Gasteiger partial charge in [0, 0.05) is 53.9 Å². The third-order valence-corrected chi connectivity index (χ3v) is 23.3. The molecule has 0 fully saturated rings. The molecule has 0 aliphatic heterocycles. The molecule has 111 heavy (non-hydrogen) atoms. The number of hydrogen-bond acceptors (Lipinski definition) is 11. The van der Waals surface area contributed by atoms with Gasteiger partial charge >= 0.3 is 0 Å². The van der Waals surface area contributed by atoms with Crippen LogP contribution in [0.1, 0.15) is 56.7 Å². The average molecular weight is 1470 g/mol. The Balaban J connectivity index is 0.538. The van der Waals surface area contributed by atoms with Crippen molar-refractivity contribution in [2.45, 2.75) is 38.6 Å². The Bertz CT molecular complexity index is 6320. The van der Waals surface area contributed by atoms with E-state index in [0.717, 1.165) is 109 Å². The zero-order chi connectivity index (χ0) is 73.6. The average Bonchev–Trinajstić information content (AvgIpc) is 1.56. The van der Waals surface area contributed by atoms with E-state index in [4.69, 9.17) is 33.1 Å². The van der Waals surface area contributed by atoms with E-state index in [1.165, 1.54) is 53.9 Å². The predicted molar refractivity (Wildman–Crippen MR) is 451 cm³/mol. The SMILES string of the molecule is c1ccc(COc2cc(COc3cccc(-c4ccc(-c5ccc(-c6ccc(-c7cccc(OCc8cc(OCc9ccccc9)cc(OC(c9ccccc9)c9ccc%10ccc%11cccc%12ccc9c%10c%11%12)c8)c7)s6)c6nonc56)s4)c3)cc(OC(c3ccccc3)c3ccc4ccc5cccc6ccc3c4c56)c2)cc1. The van der Waals surface area contributed by atoms with Gasteiger partial charge in [0.15, 0.2) is 0 Å². The summed E-state index contributed by atoms with van der Waals surface area (Å²) < 4.78 is 46.6. The summed E-state index contributed by atoms with van der Waals surface area (Å²) >= 11 is 3.37. The molecule has 0 spiro atoms. The molecule has 2 unspecified atom stereocenters. The van der Waals surface area contributed by atoms with Crippen molar-refractivity contribution in [3.05, 3.63) is 396 Å². The Morgan fingerprint density at radius 2 is 0.613 bits per heavy atom. The van der Waals surface area contributed by atoms with E-state index in [0.29, 0.717) is 47.2 Å². The van der Waals surface area contributed by atoms with Gasteiger partial charge in [-0.15, -0.1) is 22.7 Å². The minimum Gasteiger partial charge on any atom is -0.489 e. The Kier molecular flexibility index (Phi) is 17.6. The first-order chi connectivity index (χ1) is 54.9. The fraction of sp³-hybridized carbons (Fsp3) is 0.0600. The minimum atomic E-state index is -0.434. The van der Waals surface area contributed by atoms with Crippen LogP contribution in [-0.2, 0) is 26.4 Å². The summed E-state index contributed by atoms with van der Waals surface area (Å²) in [5, 5.41) is 23.7. The molecular formula is C100H68N2O7S2. The van der Waals surface area contributed by atoms with E-state index in [2.05, 4.69) is 265 Å². The topological polar surface area (TPSA) is 94.3 Å². The monoisotopic (exact) mass is 1470 g/mol. The maximum Gasteiger partial charge on any atom is 0.149 e. The summed E-state index contributed by atoms with van der Waals surface area (Å²) in [5.74, 6) is 4.17. The van der Waals surface area contributed by atoms with Gasteiger partial charge in [0.05, 0.1) is 0 Å². The van der Waals surface area contributed by atoms with E-state index in [1.54, 1.807) is 22.7 Å². The number of ether oxygens (including phenoxy) is 6. The van der Waals surface area contributed by atoms with Crippen molar-refractivity contribution in [2.75, 3.05) is 0 Å². The summed E-state index contributed by atoms with van der Waals surface area (Å²) in [4.78, 5) is 4.23. The lowest BCUT2D eigenvalue weighted by Gasteiger charge is -2.24. The summed E-state index contributed by atoms with van der Waals surface area (Å²) in [5.41, 5.74) is 13.5. The molecule has 20 rings (SSSR count). The first-order valence-corrected chi connectivity index (χ1v) is 38.9. The summed E-state index contributed by atoms with van der Waals surface area (Å²) in [6, 6.07) is 123. The van der Waals surface area contributed by atoms with Crippen molar-refractivity contribution in [3.63, 3.8) is 0 Å². The van der Waals surface area contributed by atoms with Gasteiger partial charge in [-0.2, -0.15) is 0 Å². The molecule has 532 valence electrons. The summed E-state index contributed by atoms with van der Waals surface area (Å²) in [7, 11) is 0. The first-order valence-electron chi connectivity index (χ1n) is 37.2. The van der Waals surface area contributed by atoms with Crippen molar-refractivity contribution in [1.29, 1.82) is 0 Å². The number of thiophene rings is 2. The number of nitrogens with zero attached hydrogens (tertiary/aromatic N) is 2. The van der Waals surface area contributed by atoms with Crippen LogP contribution >= 0.6 is 22.7 Å². The molecule has 3 heterocycles. The van der Waals surface area contributed by atoms with Gasteiger partial charge in [0.1, 0.15) is 84.2 Å². The molecule has 0 bridgehead atoms. The number of rotatable bonds is 24. The molecule has 17 aromatic carbocycles.